The molecular weight excluding hydrogens is 360 g/mol. The van der Waals surface area contributed by atoms with Crippen LogP contribution in [0.3, 0.4) is 0 Å². The quantitative estimate of drug-likeness (QED) is 0.596. The molecule has 0 saturated carbocycles. The first-order chi connectivity index (χ1) is 13.6. The maximum atomic E-state index is 12.4. The second-order valence-electron chi connectivity index (χ2n) is 6.05. The zero-order valence-electron chi connectivity index (χ0n) is 16.0. The van der Waals surface area contributed by atoms with Gasteiger partial charge < -0.3 is 20.5 Å². The lowest BCUT2D eigenvalue weighted by atomic mass is 10.0. The van der Waals surface area contributed by atoms with Gasteiger partial charge in [0.25, 0.3) is 5.91 Å². The largest absolute Gasteiger partial charge is 0.480 e. The van der Waals surface area contributed by atoms with Crippen molar-refractivity contribution in [3.8, 4) is 23.0 Å². The van der Waals surface area contributed by atoms with Crippen LogP contribution in [0.4, 0.5) is 5.69 Å². The van der Waals surface area contributed by atoms with Crippen LogP contribution in [0.25, 0.3) is 22.0 Å². The number of nitrogens with one attached hydrogen (secondary N) is 1. The lowest BCUT2D eigenvalue weighted by molar-refractivity contribution is 0.0948. The number of amides is 1. The molecule has 3 aromatic rings. The smallest absolute Gasteiger partial charge is 0.319 e. The van der Waals surface area contributed by atoms with Crippen molar-refractivity contribution >= 4 is 22.5 Å². The Labute approximate surface area is 162 Å². The number of methoxy groups -OCH3 is 2. The van der Waals surface area contributed by atoms with Crippen molar-refractivity contribution in [3.63, 3.8) is 0 Å². The van der Waals surface area contributed by atoms with Gasteiger partial charge in [-0.05, 0) is 6.42 Å². The molecule has 0 saturated heterocycles. The van der Waals surface area contributed by atoms with Crippen LogP contribution in [0.1, 0.15) is 30.3 Å². The van der Waals surface area contributed by atoms with Crippen LogP contribution in [0.5, 0.6) is 11.9 Å². The fraction of sp³-hybridized carbons (Fsp3) is 0.316. The summed E-state index contributed by atoms with van der Waals surface area (Å²) in [5.41, 5.74) is 8.45. The van der Waals surface area contributed by atoms with Crippen LogP contribution in [0.15, 0.2) is 24.4 Å². The number of fused-ring (bicyclic) bond motifs is 1. The van der Waals surface area contributed by atoms with E-state index >= 15 is 0 Å². The third kappa shape index (κ3) is 3.64. The zero-order valence-corrected chi connectivity index (χ0v) is 16.0. The van der Waals surface area contributed by atoms with Gasteiger partial charge in [0.1, 0.15) is 5.52 Å². The van der Waals surface area contributed by atoms with E-state index in [0.29, 0.717) is 34.5 Å². The zero-order chi connectivity index (χ0) is 20.1. The first-order valence-corrected chi connectivity index (χ1v) is 8.89. The number of benzene rings is 1. The maximum absolute atomic E-state index is 12.4. The number of rotatable bonds is 7. The highest BCUT2D eigenvalue weighted by molar-refractivity contribution is 6.07. The van der Waals surface area contributed by atoms with Crippen molar-refractivity contribution in [1.29, 1.82) is 0 Å². The topological polar surface area (TPSA) is 125 Å². The maximum Gasteiger partial charge on any atom is 0.319 e. The van der Waals surface area contributed by atoms with Crippen molar-refractivity contribution in [2.24, 2.45) is 0 Å². The molecule has 3 rings (SSSR count). The second kappa shape index (κ2) is 8.47. The molecule has 9 nitrogen and oxygen atoms in total. The Morgan fingerprint density at radius 1 is 1.18 bits per heavy atom. The van der Waals surface area contributed by atoms with E-state index in [-0.39, 0.29) is 23.3 Å². The fourth-order valence-corrected chi connectivity index (χ4v) is 2.79. The summed E-state index contributed by atoms with van der Waals surface area (Å²) < 4.78 is 10.4. The molecule has 0 aliphatic carbocycles. The number of ether oxygens (including phenoxy) is 2. The summed E-state index contributed by atoms with van der Waals surface area (Å²) in [5, 5.41) is 11.7. The standard InChI is InChI=1S/C19H22N6O3/c1-4-5-9-21-17(26)16-14(20)12-8-6-7-11(15(12)24-25-16)13-10-22-19(28-3)23-18(13)27-2/h6-8,10H,4-5,9H2,1-3H3,(H2,20,24)(H,21,26). The van der Waals surface area contributed by atoms with Crippen molar-refractivity contribution in [3.05, 3.63) is 30.1 Å². The van der Waals surface area contributed by atoms with Gasteiger partial charge in [0.2, 0.25) is 5.88 Å². The second-order valence-corrected chi connectivity index (χ2v) is 6.05. The van der Waals surface area contributed by atoms with Crippen molar-refractivity contribution in [2.75, 3.05) is 26.5 Å². The molecular formula is C19H22N6O3. The van der Waals surface area contributed by atoms with Gasteiger partial charge in [-0.15, -0.1) is 10.2 Å². The summed E-state index contributed by atoms with van der Waals surface area (Å²) in [7, 11) is 2.99. The Morgan fingerprint density at radius 3 is 2.71 bits per heavy atom. The van der Waals surface area contributed by atoms with Crippen LogP contribution in [-0.4, -0.2) is 46.8 Å². The van der Waals surface area contributed by atoms with E-state index in [1.807, 2.05) is 12.1 Å². The van der Waals surface area contributed by atoms with E-state index in [1.54, 1.807) is 12.3 Å². The number of nitrogen functional groups attached to an aromatic ring is 1. The number of nitrogens with zero attached hydrogens (tertiary/aromatic N) is 4. The number of anilines is 1. The summed E-state index contributed by atoms with van der Waals surface area (Å²) in [6.07, 6.45) is 3.45. The highest BCUT2D eigenvalue weighted by atomic mass is 16.5. The van der Waals surface area contributed by atoms with Gasteiger partial charge in [-0.1, -0.05) is 31.5 Å². The Bertz CT molecular complexity index is 1010. The molecule has 1 amide bonds. The minimum Gasteiger partial charge on any atom is -0.480 e. The van der Waals surface area contributed by atoms with Gasteiger partial charge in [0.15, 0.2) is 5.69 Å². The van der Waals surface area contributed by atoms with E-state index in [0.717, 1.165) is 12.8 Å². The average Bonchev–Trinajstić information content (AvgIpc) is 2.73. The van der Waals surface area contributed by atoms with Gasteiger partial charge in [-0.25, -0.2) is 4.98 Å². The van der Waals surface area contributed by atoms with E-state index in [2.05, 4.69) is 32.4 Å². The molecule has 3 N–H and O–H groups in total. The summed E-state index contributed by atoms with van der Waals surface area (Å²) >= 11 is 0. The SMILES string of the molecule is CCCCNC(=O)c1nnc2c(-c3cnc(OC)nc3OC)cccc2c1N. The van der Waals surface area contributed by atoms with Gasteiger partial charge in [0.05, 0.1) is 25.5 Å². The first-order valence-electron chi connectivity index (χ1n) is 8.89. The third-order valence-electron chi connectivity index (χ3n) is 4.26. The number of nitrogens with two attached hydrogens (primary N) is 1. The first kappa shape index (κ1) is 19.3. The molecule has 9 heteroatoms. The predicted octanol–water partition coefficient (Wildman–Crippen LogP) is 2.22. The van der Waals surface area contributed by atoms with Crippen LogP contribution in [-0.2, 0) is 0 Å². The fourth-order valence-electron chi connectivity index (χ4n) is 2.79. The molecule has 0 aliphatic rings. The molecule has 2 heterocycles. The van der Waals surface area contributed by atoms with E-state index in [9.17, 15) is 4.79 Å². The van der Waals surface area contributed by atoms with Crippen LogP contribution >= 0.6 is 0 Å². The van der Waals surface area contributed by atoms with Crippen molar-refractivity contribution < 1.29 is 14.3 Å². The van der Waals surface area contributed by atoms with Crippen LogP contribution < -0.4 is 20.5 Å². The van der Waals surface area contributed by atoms with E-state index < -0.39 is 0 Å². The molecule has 0 fully saturated rings. The minimum atomic E-state index is -0.337. The van der Waals surface area contributed by atoms with Gasteiger partial charge >= 0.3 is 6.01 Å². The molecule has 2 aromatic heterocycles. The summed E-state index contributed by atoms with van der Waals surface area (Å²) in [4.78, 5) is 20.7. The molecule has 146 valence electrons. The normalized spacial score (nSPS) is 10.7. The van der Waals surface area contributed by atoms with Crippen molar-refractivity contribution in [1.82, 2.24) is 25.5 Å². The Balaban J connectivity index is 2.08. The van der Waals surface area contributed by atoms with Crippen molar-refractivity contribution in [2.45, 2.75) is 19.8 Å². The number of hydrogen-bond acceptors (Lipinski definition) is 8. The van der Waals surface area contributed by atoms with Crippen LogP contribution in [0, 0.1) is 0 Å². The monoisotopic (exact) mass is 382 g/mol. The van der Waals surface area contributed by atoms with E-state index in [1.165, 1.54) is 14.2 Å². The molecule has 0 unspecified atom stereocenters. The highest BCUT2D eigenvalue weighted by Gasteiger charge is 2.19. The third-order valence-corrected chi connectivity index (χ3v) is 4.26. The molecule has 0 atom stereocenters. The Hall–Kier alpha value is -3.49. The molecule has 0 spiro atoms. The highest BCUT2D eigenvalue weighted by Crippen LogP contribution is 2.35. The number of hydrogen-bond donors (Lipinski definition) is 2. The minimum absolute atomic E-state index is 0.110. The Kier molecular flexibility index (Phi) is 5.83. The molecule has 28 heavy (non-hydrogen) atoms. The molecule has 1 aromatic carbocycles. The number of carbonyl (C=O) groups is 1. The lowest BCUT2D eigenvalue weighted by Crippen LogP contribution is -2.26. The average molecular weight is 382 g/mol. The number of unbranched alkanes of at least 4 members (excludes halogenated alkanes) is 1. The molecule has 0 bridgehead atoms. The Morgan fingerprint density at radius 2 is 2.00 bits per heavy atom. The number of carbonyl (C=O) groups excluding carboxylic acids is 1. The number of aromatic nitrogens is 4. The van der Waals surface area contributed by atoms with Gasteiger partial charge in [-0.2, -0.15) is 4.98 Å². The van der Waals surface area contributed by atoms with Gasteiger partial charge in [-0.3, -0.25) is 4.79 Å². The van der Waals surface area contributed by atoms with E-state index in [4.69, 9.17) is 15.2 Å². The van der Waals surface area contributed by atoms with Gasteiger partial charge in [0, 0.05) is 23.7 Å². The summed E-state index contributed by atoms with van der Waals surface area (Å²) in [6, 6.07) is 5.64. The summed E-state index contributed by atoms with van der Waals surface area (Å²) in [5.74, 6) is -0.00257. The lowest BCUT2D eigenvalue weighted by Gasteiger charge is -2.12. The summed E-state index contributed by atoms with van der Waals surface area (Å²) in [6.45, 7) is 2.62. The molecule has 0 radical (unpaired) electrons. The predicted molar refractivity (Wildman–Crippen MR) is 105 cm³/mol. The van der Waals surface area contributed by atoms with Crippen LogP contribution in [0.2, 0.25) is 0 Å². The molecule has 0 aliphatic heterocycles.